The molecule has 8 heteroatoms. The second-order valence-corrected chi connectivity index (χ2v) is 11.0. The second-order valence-electron chi connectivity index (χ2n) is 9.18. The van der Waals surface area contributed by atoms with E-state index in [1.165, 1.54) is 44.2 Å². The molecule has 170 valence electrons. The van der Waals surface area contributed by atoms with Crippen molar-refractivity contribution in [1.82, 2.24) is 19.6 Å². The van der Waals surface area contributed by atoms with Gasteiger partial charge in [0.2, 0.25) is 0 Å². The third-order valence-corrected chi connectivity index (χ3v) is 8.07. The Balaban J connectivity index is 1.57. The molecular weight excluding hydrogens is 398 g/mol. The van der Waals surface area contributed by atoms with Gasteiger partial charge in [-0.25, -0.2) is 8.42 Å². The van der Waals surface area contributed by atoms with Gasteiger partial charge in [-0.05, 0) is 65.5 Å². The van der Waals surface area contributed by atoms with Crippen molar-refractivity contribution in [3.63, 3.8) is 0 Å². The highest BCUT2D eigenvalue weighted by atomic mass is 32.2. The molecule has 30 heavy (non-hydrogen) atoms. The van der Waals surface area contributed by atoms with E-state index in [4.69, 9.17) is 5.26 Å². The van der Waals surface area contributed by atoms with Gasteiger partial charge in [-0.15, -0.1) is 0 Å². The van der Waals surface area contributed by atoms with Crippen molar-refractivity contribution < 1.29 is 8.42 Å². The highest BCUT2D eigenvalue weighted by molar-refractivity contribution is 7.94. The summed E-state index contributed by atoms with van der Waals surface area (Å²) in [5.74, 6) is 0.351. The maximum atomic E-state index is 12.4. The first-order chi connectivity index (χ1) is 14.4. The summed E-state index contributed by atoms with van der Waals surface area (Å²) in [5, 5.41) is 10.2. The fourth-order valence-electron chi connectivity index (χ4n) is 5.14. The Labute approximate surface area is 183 Å². The van der Waals surface area contributed by atoms with Crippen LogP contribution in [0.2, 0.25) is 0 Å². The molecule has 3 aliphatic rings. The maximum Gasteiger partial charge on any atom is 0.188 e. The number of rotatable bonds is 10. The largest absolute Gasteiger partial charge is 0.356 e. The van der Waals surface area contributed by atoms with E-state index >= 15 is 0 Å². The Morgan fingerprint density at radius 2 is 1.40 bits per heavy atom. The monoisotopic (exact) mass is 437 g/mol. The van der Waals surface area contributed by atoms with E-state index in [9.17, 15) is 8.42 Å². The molecule has 2 unspecified atom stereocenters. The van der Waals surface area contributed by atoms with Crippen LogP contribution in [0, 0.1) is 11.3 Å². The van der Waals surface area contributed by atoms with Crippen LogP contribution in [0.25, 0.3) is 0 Å². The van der Waals surface area contributed by atoms with Crippen molar-refractivity contribution in [2.24, 2.45) is 0 Å². The molecule has 3 fully saturated rings. The number of hydrogen-bond donors (Lipinski definition) is 0. The first-order valence-electron chi connectivity index (χ1n) is 11.7. The molecule has 3 rings (SSSR count). The standard InChI is InChI=1S/C22H39N5O2S/c1-20-7-3-10-24(20)12-5-14-26-16-17-27(22(26)19-30(28,29)18-9-23)15-6-13-25-11-4-8-21(25)2/h19-21H,3-8,10-18H2,1-2H3. The SMILES string of the molecule is CC1CCCN1CCCN1CCN(CCCN2CCCC2C)C1=CS(=O)(=O)CC#N. The first-order valence-corrected chi connectivity index (χ1v) is 13.4. The van der Waals surface area contributed by atoms with E-state index in [0.29, 0.717) is 12.1 Å². The summed E-state index contributed by atoms with van der Waals surface area (Å²) in [6.45, 7) is 12.6. The summed E-state index contributed by atoms with van der Waals surface area (Å²) < 4.78 is 24.7. The van der Waals surface area contributed by atoms with Crippen molar-refractivity contribution in [2.75, 3.05) is 58.1 Å². The summed E-state index contributed by atoms with van der Waals surface area (Å²) >= 11 is 0. The molecule has 0 aromatic carbocycles. The van der Waals surface area contributed by atoms with Crippen LogP contribution in [-0.4, -0.2) is 98.2 Å². The van der Waals surface area contributed by atoms with Crippen LogP contribution in [0.15, 0.2) is 11.2 Å². The third kappa shape index (κ3) is 6.35. The minimum Gasteiger partial charge on any atom is -0.356 e. The topological polar surface area (TPSA) is 70.9 Å². The van der Waals surface area contributed by atoms with Gasteiger partial charge in [0.1, 0.15) is 11.6 Å². The van der Waals surface area contributed by atoms with Crippen molar-refractivity contribution in [1.29, 1.82) is 5.26 Å². The Kier molecular flexibility index (Phi) is 8.44. The van der Waals surface area contributed by atoms with E-state index < -0.39 is 15.6 Å². The lowest BCUT2D eigenvalue weighted by Crippen LogP contribution is -2.32. The van der Waals surface area contributed by atoms with Gasteiger partial charge < -0.3 is 19.6 Å². The molecule has 0 bridgehead atoms. The third-order valence-electron chi connectivity index (χ3n) is 6.97. The van der Waals surface area contributed by atoms with Gasteiger partial charge in [-0.3, -0.25) is 0 Å². The predicted molar refractivity (Wildman–Crippen MR) is 120 cm³/mol. The number of nitrogens with zero attached hydrogens (tertiary/aromatic N) is 5. The summed E-state index contributed by atoms with van der Waals surface area (Å²) in [6.07, 6.45) is 7.21. The summed E-state index contributed by atoms with van der Waals surface area (Å²) in [4.78, 5) is 9.52. The van der Waals surface area contributed by atoms with Crippen LogP contribution in [-0.2, 0) is 9.84 Å². The van der Waals surface area contributed by atoms with Crippen molar-refractivity contribution in [3.8, 4) is 6.07 Å². The van der Waals surface area contributed by atoms with E-state index in [1.54, 1.807) is 6.07 Å². The normalized spacial score (nSPS) is 26.0. The van der Waals surface area contributed by atoms with E-state index in [2.05, 4.69) is 33.4 Å². The van der Waals surface area contributed by atoms with Crippen LogP contribution in [0.5, 0.6) is 0 Å². The van der Waals surface area contributed by atoms with Crippen molar-refractivity contribution >= 4 is 9.84 Å². The lowest BCUT2D eigenvalue weighted by atomic mass is 10.2. The number of sulfone groups is 1. The molecule has 0 saturated carbocycles. The minimum absolute atomic E-state index is 0.450. The van der Waals surface area contributed by atoms with Crippen LogP contribution >= 0.6 is 0 Å². The lowest BCUT2D eigenvalue weighted by molar-refractivity contribution is 0.238. The van der Waals surface area contributed by atoms with E-state index in [-0.39, 0.29) is 0 Å². The Morgan fingerprint density at radius 3 is 1.80 bits per heavy atom. The van der Waals surface area contributed by atoms with Gasteiger partial charge in [0, 0.05) is 51.4 Å². The average molecular weight is 438 g/mol. The predicted octanol–water partition coefficient (Wildman–Crippen LogP) is 2.09. The zero-order chi connectivity index (χ0) is 21.6. The summed E-state index contributed by atoms with van der Waals surface area (Å²) in [5.41, 5.74) is 0. The molecule has 7 nitrogen and oxygen atoms in total. The smallest absolute Gasteiger partial charge is 0.188 e. The van der Waals surface area contributed by atoms with E-state index in [1.807, 2.05) is 0 Å². The van der Waals surface area contributed by atoms with Gasteiger partial charge in [-0.1, -0.05) is 0 Å². The van der Waals surface area contributed by atoms with Gasteiger partial charge in [0.25, 0.3) is 0 Å². The lowest BCUT2D eigenvalue weighted by Gasteiger charge is -2.27. The van der Waals surface area contributed by atoms with Crippen LogP contribution in [0.3, 0.4) is 0 Å². The molecule has 2 atom stereocenters. The fourth-order valence-corrected chi connectivity index (χ4v) is 6.03. The fraction of sp³-hybridized carbons (Fsp3) is 0.864. The maximum absolute atomic E-state index is 12.4. The highest BCUT2D eigenvalue weighted by Gasteiger charge is 2.28. The van der Waals surface area contributed by atoms with Gasteiger partial charge >= 0.3 is 0 Å². The summed E-state index contributed by atoms with van der Waals surface area (Å²) in [7, 11) is -3.51. The number of hydrogen-bond acceptors (Lipinski definition) is 7. The Bertz CT molecular complexity index is 696. The molecule has 0 spiro atoms. The zero-order valence-corrected chi connectivity index (χ0v) is 19.6. The van der Waals surface area contributed by atoms with E-state index in [0.717, 1.165) is 57.9 Å². The molecule has 0 aromatic rings. The first kappa shape index (κ1) is 23.4. The average Bonchev–Trinajstić information content (AvgIpc) is 3.38. The molecule has 0 amide bonds. The van der Waals surface area contributed by atoms with Gasteiger partial charge in [0.05, 0.1) is 11.5 Å². The zero-order valence-electron chi connectivity index (χ0n) is 18.8. The molecule has 3 heterocycles. The number of nitriles is 1. The highest BCUT2D eigenvalue weighted by Crippen LogP contribution is 2.23. The van der Waals surface area contributed by atoms with Crippen molar-refractivity contribution in [3.05, 3.63) is 11.2 Å². The molecule has 0 N–H and O–H groups in total. The van der Waals surface area contributed by atoms with Crippen molar-refractivity contribution in [2.45, 2.75) is 64.5 Å². The molecule has 0 radical (unpaired) electrons. The van der Waals surface area contributed by atoms with Crippen LogP contribution in [0.1, 0.15) is 52.4 Å². The molecule has 0 aliphatic carbocycles. The van der Waals surface area contributed by atoms with Crippen LogP contribution in [0.4, 0.5) is 0 Å². The Morgan fingerprint density at radius 1 is 0.900 bits per heavy atom. The minimum atomic E-state index is -3.51. The molecule has 0 aromatic heterocycles. The molecule has 3 aliphatic heterocycles. The Hall–Kier alpha value is -1.30. The van der Waals surface area contributed by atoms with Gasteiger partial charge in [0.15, 0.2) is 9.84 Å². The second kappa shape index (κ2) is 10.8. The number of likely N-dealkylation sites (tertiary alicyclic amines) is 2. The molecule has 3 saturated heterocycles. The molecular formula is C22H39N5O2S. The summed E-state index contributed by atoms with van der Waals surface area (Å²) in [6, 6.07) is 3.13. The quantitative estimate of drug-likeness (QED) is 0.518. The van der Waals surface area contributed by atoms with Crippen LogP contribution < -0.4 is 0 Å². The van der Waals surface area contributed by atoms with Gasteiger partial charge in [-0.2, -0.15) is 5.26 Å².